The zero-order valence-electron chi connectivity index (χ0n) is 17.1. The van der Waals surface area contributed by atoms with Crippen molar-refractivity contribution in [1.82, 2.24) is 5.32 Å². The van der Waals surface area contributed by atoms with Crippen LogP contribution >= 0.6 is 11.6 Å². The summed E-state index contributed by atoms with van der Waals surface area (Å²) in [6.07, 6.45) is 0.111. The van der Waals surface area contributed by atoms with Crippen molar-refractivity contribution in [3.05, 3.63) is 53.1 Å². The van der Waals surface area contributed by atoms with Gasteiger partial charge in [-0.15, -0.1) is 0 Å². The third-order valence-electron chi connectivity index (χ3n) is 4.99. The fourth-order valence-corrected chi connectivity index (χ4v) is 3.66. The molecule has 0 bridgehead atoms. The Hall–Kier alpha value is -3.06. The number of carbonyl (C=O) groups excluding carboxylic acids is 3. The van der Waals surface area contributed by atoms with Crippen molar-refractivity contribution in [2.75, 3.05) is 23.9 Å². The van der Waals surface area contributed by atoms with E-state index in [0.717, 1.165) is 5.56 Å². The number of amides is 3. The molecule has 2 atom stereocenters. The maximum atomic E-state index is 12.8. The minimum absolute atomic E-state index is 0.111. The second-order valence-corrected chi connectivity index (χ2v) is 7.69. The first-order chi connectivity index (χ1) is 14.3. The Morgan fingerprint density at radius 3 is 2.70 bits per heavy atom. The lowest BCUT2D eigenvalue weighted by atomic mass is 10.0. The summed E-state index contributed by atoms with van der Waals surface area (Å²) < 4.78 is 5.33. The number of halogens is 1. The molecule has 3 amide bonds. The topological polar surface area (TPSA) is 87.7 Å². The highest BCUT2D eigenvalue weighted by Crippen LogP contribution is 2.35. The largest absolute Gasteiger partial charge is 0.495 e. The number of nitrogens with zero attached hydrogens (tertiary/aromatic N) is 1. The van der Waals surface area contributed by atoms with Gasteiger partial charge in [0.2, 0.25) is 17.7 Å². The molecular weight excluding hydrogens is 406 g/mol. The Morgan fingerprint density at radius 1 is 1.23 bits per heavy atom. The van der Waals surface area contributed by atoms with Crippen molar-refractivity contribution in [3.63, 3.8) is 0 Å². The molecule has 30 heavy (non-hydrogen) atoms. The summed E-state index contributed by atoms with van der Waals surface area (Å²) in [5.74, 6) is -0.482. The van der Waals surface area contributed by atoms with E-state index in [1.165, 1.54) is 18.9 Å². The number of carbonyl (C=O) groups is 3. The van der Waals surface area contributed by atoms with Crippen molar-refractivity contribution in [3.8, 4) is 5.75 Å². The van der Waals surface area contributed by atoms with Crippen LogP contribution in [0.25, 0.3) is 0 Å². The summed E-state index contributed by atoms with van der Waals surface area (Å²) in [4.78, 5) is 38.2. The van der Waals surface area contributed by atoms with Crippen LogP contribution in [0.15, 0.2) is 42.5 Å². The number of methoxy groups -OCH3 is 1. The van der Waals surface area contributed by atoms with Gasteiger partial charge in [-0.25, -0.2) is 0 Å². The number of ether oxygens (including phenoxy) is 1. The first kappa shape index (κ1) is 21.6. The molecule has 0 aliphatic carbocycles. The van der Waals surface area contributed by atoms with Gasteiger partial charge in [-0.3, -0.25) is 14.4 Å². The molecule has 0 saturated carbocycles. The van der Waals surface area contributed by atoms with E-state index in [9.17, 15) is 14.4 Å². The van der Waals surface area contributed by atoms with Gasteiger partial charge in [-0.2, -0.15) is 0 Å². The third-order valence-corrected chi connectivity index (χ3v) is 5.23. The van der Waals surface area contributed by atoms with Crippen LogP contribution in [0, 0.1) is 5.92 Å². The van der Waals surface area contributed by atoms with Gasteiger partial charge in [0.15, 0.2) is 0 Å². The van der Waals surface area contributed by atoms with Gasteiger partial charge in [0.1, 0.15) is 5.75 Å². The Labute approximate surface area is 180 Å². The van der Waals surface area contributed by atoms with E-state index < -0.39 is 5.92 Å². The van der Waals surface area contributed by atoms with E-state index in [-0.39, 0.29) is 36.7 Å². The smallest absolute Gasteiger partial charge is 0.227 e. The van der Waals surface area contributed by atoms with Crippen molar-refractivity contribution >= 4 is 40.7 Å². The van der Waals surface area contributed by atoms with Gasteiger partial charge in [-0.05, 0) is 42.8 Å². The molecule has 158 valence electrons. The molecule has 3 rings (SSSR count). The number of nitrogens with one attached hydrogen (secondary N) is 2. The van der Waals surface area contributed by atoms with E-state index in [0.29, 0.717) is 22.1 Å². The summed E-state index contributed by atoms with van der Waals surface area (Å²) in [5.41, 5.74) is 2.07. The molecule has 2 unspecified atom stereocenters. The fourth-order valence-electron chi connectivity index (χ4n) is 3.49. The zero-order valence-corrected chi connectivity index (χ0v) is 17.8. The highest BCUT2D eigenvalue weighted by molar-refractivity contribution is 6.31. The monoisotopic (exact) mass is 429 g/mol. The summed E-state index contributed by atoms with van der Waals surface area (Å²) >= 11 is 6.08. The average molecular weight is 430 g/mol. The van der Waals surface area contributed by atoms with Crippen LogP contribution in [0.3, 0.4) is 0 Å². The first-order valence-corrected chi connectivity index (χ1v) is 9.98. The van der Waals surface area contributed by atoms with Crippen LogP contribution in [0.5, 0.6) is 5.75 Å². The SMILES string of the molecule is COc1ccc(Cl)cc1N1CC(C(=O)NC(C)c2cccc(NC(C)=O)c2)CC1=O. The Kier molecular flexibility index (Phi) is 6.62. The van der Waals surface area contributed by atoms with Gasteiger partial charge >= 0.3 is 0 Å². The molecule has 1 fully saturated rings. The first-order valence-electron chi connectivity index (χ1n) is 9.60. The number of rotatable bonds is 6. The van der Waals surface area contributed by atoms with E-state index in [2.05, 4.69) is 10.6 Å². The van der Waals surface area contributed by atoms with Gasteiger partial charge in [-0.1, -0.05) is 23.7 Å². The molecular formula is C22H24ClN3O4. The number of benzene rings is 2. The Balaban J connectivity index is 1.69. The lowest BCUT2D eigenvalue weighted by Gasteiger charge is -2.21. The quantitative estimate of drug-likeness (QED) is 0.735. The summed E-state index contributed by atoms with van der Waals surface area (Å²) in [5, 5.41) is 6.18. The van der Waals surface area contributed by atoms with Crippen LogP contribution in [0.1, 0.15) is 31.9 Å². The molecule has 2 aromatic carbocycles. The Morgan fingerprint density at radius 2 is 2.00 bits per heavy atom. The molecule has 1 saturated heterocycles. The van der Waals surface area contributed by atoms with Crippen LogP contribution in [0.2, 0.25) is 5.02 Å². The minimum Gasteiger partial charge on any atom is -0.495 e. The molecule has 2 N–H and O–H groups in total. The van der Waals surface area contributed by atoms with Crippen LogP contribution in [-0.4, -0.2) is 31.4 Å². The van der Waals surface area contributed by atoms with E-state index >= 15 is 0 Å². The number of anilines is 2. The van der Waals surface area contributed by atoms with Gasteiger partial charge in [0, 0.05) is 30.6 Å². The average Bonchev–Trinajstić information content (AvgIpc) is 3.09. The molecule has 2 aromatic rings. The standard InChI is InChI=1S/C22H24ClN3O4/c1-13(15-5-4-6-18(9-15)25-14(2)27)24-22(29)16-10-21(28)26(12-16)19-11-17(23)7-8-20(19)30-3/h4-9,11,13,16H,10,12H2,1-3H3,(H,24,29)(H,25,27). The molecule has 0 radical (unpaired) electrons. The molecule has 0 aromatic heterocycles. The predicted molar refractivity (Wildman–Crippen MR) is 116 cm³/mol. The maximum Gasteiger partial charge on any atom is 0.227 e. The summed E-state index contributed by atoms with van der Waals surface area (Å²) in [6.45, 7) is 3.55. The van der Waals surface area contributed by atoms with Gasteiger partial charge in [0.25, 0.3) is 0 Å². The lowest BCUT2D eigenvalue weighted by Crippen LogP contribution is -2.34. The predicted octanol–water partition coefficient (Wildman–Crippen LogP) is 3.54. The second kappa shape index (κ2) is 9.17. The molecule has 7 nitrogen and oxygen atoms in total. The third kappa shape index (κ3) is 4.91. The summed E-state index contributed by atoms with van der Waals surface area (Å²) in [7, 11) is 1.52. The highest BCUT2D eigenvalue weighted by Gasteiger charge is 2.36. The van der Waals surface area contributed by atoms with Crippen LogP contribution in [0.4, 0.5) is 11.4 Å². The summed E-state index contributed by atoms with van der Waals surface area (Å²) in [6, 6.07) is 12.0. The van der Waals surface area contributed by atoms with Crippen molar-refractivity contribution in [2.45, 2.75) is 26.3 Å². The van der Waals surface area contributed by atoms with Crippen molar-refractivity contribution in [2.24, 2.45) is 5.92 Å². The fraction of sp³-hybridized carbons (Fsp3) is 0.318. The van der Waals surface area contributed by atoms with Crippen molar-refractivity contribution < 1.29 is 19.1 Å². The number of hydrogen-bond acceptors (Lipinski definition) is 4. The van der Waals surface area contributed by atoms with Crippen LogP contribution < -0.4 is 20.3 Å². The van der Waals surface area contributed by atoms with E-state index in [1.807, 2.05) is 25.1 Å². The van der Waals surface area contributed by atoms with E-state index in [4.69, 9.17) is 16.3 Å². The zero-order chi connectivity index (χ0) is 21.8. The minimum atomic E-state index is -0.484. The lowest BCUT2D eigenvalue weighted by molar-refractivity contribution is -0.126. The van der Waals surface area contributed by atoms with E-state index in [1.54, 1.807) is 24.3 Å². The molecule has 1 aliphatic heterocycles. The maximum absolute atomic E-state index is 12.8. The van der Waals surface area contributed by atoms with Gasteiger partial charge in [0.05, 0.1) is 24.8 Å². The molecule has 0 spiro atoms. The normalized spacial score (nSPS) is 16.9. The molecule has 1 heterocycles. The van der Waals surface area contributed by atoms with Gasteiger partial charge < -0.3 is 20.3 Å². The molecule has 1 aliphatic rings. The molecule has 8 heteroatoms. The Bertz CT molecular complexity index is 979. The highest BCUT2D eigenvalue weighted by atomic mass is 35.5. The second-order valence-electron chi connectivity index (χ2n) is 7.26. The van der Waals surface area contributed by atoms with Crippen LogP contribution in [-0.2, 0) is 14.4 Å². The number of hydrogen-bond donors (Lipinski definition) is 2. The van der Waals surface area contributed by atoms with Crippen molar-refractivity contribution in [1.29, 1.82) is 0 Å².